The van der Waals surface area contributed by atoms with Crippen molar-refractivity contribution in [3.05, 3.63) is 22.5 Å². The molecule has 0 radical (unpaired) electrons. The summed E-state index contributed by atoms with van der Waals surface area (Å²) in [6, 6.07) is 2.54. The van der Waals surface area contributed by atoms with Crippen molar-refractivity contribution in [2.75, 3.05) is 18.4 Å². The third-order valence-corrected chi connectivity index (χ3v) is 2.62. The van der Waals surface area contributed by atoms with Crippen LogP contribution in [-0.4, -0.2) is 46.4 Å². The lowest BCUT2D eigenvalue weighted by Crippen LogP contribution is -2.49. The number of H-pyrrole nitrogens is 1. The zero-order chi connectivity index (χ0) is 13.1. The average Bonchev–Trinajstić information content (AvgIpc) is 2.31. The predicted molar refractivity (Wildman–Crippen MR) is 65.5 cm³/mol. The summed E-state index contributed by atoms with van der Waals surface area (Å²) in [5.41, 5.74) is -0.304. The van der Waals surface area contributed by atoms with E-state index < -0.39 is 0 Å². The second-order valence-electron chi connectivity index (χ2n) is 4.40. The third-order valence-electron chi connectivity index (χ3n) is 2.62. The van der Waals surface area contributed by atoms with E-state index in [-0.39, 0.29) is 23.8 Å². The number of carbonyl (C=O) groups is 1. The molecule has 2 rings (SSSR count). The van der Waals surface area contributed by atoms with Crippen molar-refractivity contribution in [1.82, 2.24) is 15.1 Å². The molecule has 1 saturated heterocycles. The highest BCUT2D eigenvalue weighted by atomic mass is 16.5. The summed E-state index contributed by atoms with van der Waals surface area (Å²) < 4.78 is 5.55. The molecule has 2 amide bonds. The second-order valence-corrected chi connectivity index (χ2v) is 4.40. The van der Waals surface area contributed by atoms with Gasteiger partial charge in [-0.2, -0.15) is 5.10 Å². The molecule has 1 aromatic heterocycles. The molecule has 1 aliphatic heterocycles. The van der Waals surface area contributed by atoms with Crippen molar-refractivity contribution in [1.29, 1.82) is 0 Å². The van der Waals surface area contributed by atoms with Gasteiger partial charge in [0.25, 0.3) is 5.56 Å². The molecule has 1 aliphatic rings. The molecule has 2 atom stereocenters. The summed E-state index contributed by atoms with van der Waals surface area (Å²) in [6.45, 7) is 4.93. The summed E-state index contributed by atoms with van der Waals surface area (Å²) in [5.74, 6) is 0.325. The van der Waals surface area contributed by atoms with Crippen LogP contribution in [0.5, 0.6) is 0 Å². The number of nitrogens with one attached hydrogen (secondary N) is 2. The molecule has 1 fully saturated rings. The Morgan fingerprint density at radius 1 is 1.44 bits per heavy atom. The maximum Gasteiger partial charge on any atom is 0.323 e. The SMILES string of the molecule is CC1CN(C(=O)Nc2ccc(=O)[nH]n2)CC(C)O1. The Bertz CT molecular complexity index is 457. The standard InChI is InChI=1S/C11H16N4O3/c1-7-5-15(6-8(2)18-7)11(17)12-9-3-4-10(16)14-13-9/h3-4,7-8H,5-6H2,1-2H3,(H,14,16)(H,12,13,17). The number of aromatic amines is 1. The van der Waals surface area contributed by atoms with Gasteiger partial charge in [0.2, 0.25) is 0 Å². The average molecular weight is 252 g/mol. The van der Waals surface area contributed by atoms with Gasteiger partial charge in [-0.05, 0) is 19.9 Å². The fraction of sp³-hybridized carbons (Fsp3) is 0.545. The maximum atomic E-state index is 12.0. The van der Waals surface area contributed by atoms with Crippen LogP contribution in [0.1, 0.15) is 13.8 Å². The minimum absolute atomic E-state index is 0.0167. The molecule has 2 heterocycles. The number of rotatable bonds is 1. The Hall–Kier alpha value is -1.89. The van der Waals surface area contributed by atoms with E-state index in [0.717, 1.165) is 0 Å². The van der Waals surface area contributed by atoms with Crippen LogP contribution in [-0.2, 0) is 4.74 Å². The van der Waals surface area contributed by atoms with Gasteiger partial charge in [-0.15, -0.1) is 0 Å². The number of nitrogens with zero attached hydrogens (tertiary/aromatic N) is 2. The molecule has 0 saturated carbocycles. The van der Waals surface area contributed by atoms with Gasteiger partial charge in [0, 0.05) is 19.2 Å². The number of ether oxygens (including phenoxy) is 1. The molecule has 7 nitrogen and oxygen atoms in total. The summed E-state index contributed by atoms with van der Waals surface area (Å²) in [4.78, 5) is 24.5. The molecule has 2 N–H and O–H groups in total. The molecule has 0 aromatic carbocycles. The first-order chi connectivity index (χ1) is 8.54. The Morgan fingerprint density at radius 2 is 2.11 bits per heavy atom. The van der Waals surface area contributed by atoms with Crippen LogP contribution in [0.3, 0.4) is 0 Å². The van der Waals surface area contributed by atoms with E-state index in [1.807, 2.05) is 13.8 Å². The fourth-order valence-electron chi connectivity index (χ4n) is 1.95. The van der Waals surface area contributed by atoms with Crippen LogP contribution < -0.4 is 10.9 Å². The largest absolute Gasteiger partial charge is 0.372 e. The van der Waals surface area contributed by atoms with E-state index in [4.69, 9.17) is 4.74 Å². The highest BCUT2D eigenvalue weighted by Gasteiger charge is 2.25. The number of hydrogen-bond acceptors (Lipinski definition) is 4. The number of carbonyl (C=O) groups excluding carboxylic acids is 1. The van der Waals surface area contributed by atoms with E-state index in [9.17, 15) is 9.59 Å². The lowest BCUT2D eigenvalue weighted by Gasteiger charge is -2.35. The summed E-state index contributed by atoms with van der Waals surface area (Å²) in [5, 5.41) is 8.62. The second kappa shape index (κ2) is 5.18. The zero-order valence-corrected chi connectivity index (χ0v) is 10.3. The maximum absolute atomic E-state index is 12.0. The quantitative estimate of drug-likeness (QED) is 0.758. The summed E-state index contributed by atoms with van der Waals surface area (Å²) in [7, 11) is 0. The predicted octanol–water partition coefficient (Wildman–Crippen LogP) is 0.411. The number of amides is 2. The van der Waals surface area contributed by atoms with Gasteiger partial charge < -0.3 is 9.64 Å². The van der Waals surface area contributed by atoms with Crippen molar-refractivity contribution in [2.45, 2.75) is 26.1 Å². The number of morpholine rings is 1. The first-order valence-electron chi connectivity index (χ1n) is 5.81. The Morgan fingerprint density at radius 3 is 2.67 bits per heavy atom. The molecule has 0 aliphatic carbocycles. The van der Waals surface area contributed by atoms with Gasteiger partial charge in [-0.3, -0.25) is 10.1 Å². The van der Waals surface area contributed by atoms with Crippen LogP contribution in [0.25, 0.3) is 0 Å². The molecule has 0 spiro atoms. The van der Waals surface area contributed by atoms with Crippen LogP contribution in [0.15, 0.2) is 16.9 Å². The molecular formula is C11H16N4O3. The van der Waals surface area contributed by atoms with Crippen molar-refractivity contribution >= 4 is 11.8 Å². The van der Waals surface area contributed by atoms with E-state index in [0.29, 0.717) is 18.9 Å². The van der Waals surface area contributed by atoms with Crippen LogP contribution in [0.4, 0.5) is 10.6 Å². The molecule has 1 aromatic rings. The van der Waals surface area contributed by atoms with Crippen LogP contribution in [0.2, 0.25) is 0 Å². The van der Waals surface area contributed by atoms with Gasteiger partial charge in [-0.1, -0.05) is 0 Å². The number of hydrogen-bond donors (Lipinski definition) is 2. The normalized spacial score (nSPS) is 23.8. The first kappa shape index (κ1) is 12.6. The Kier molecular flexibility index (Phi) is 3.61. The lowest BCUT2D eigenvalue weighted by molar-refractivity contribution is -0.0530. The molecule has 0 bridgehead atoms. The Labute approximate surface area is 104 Å². The van der Waals surface area contributed by atoms with Crippen molar-refractivity contribution in [3.63, 3.8) is 0 Å². The highest BCUT2D eigenvalue weighted by molar-refractivity contribution is 5.88. The van der Waals surface area contributed by atoms with Crippen LogP contribution >= 0.6 is 0 Å². The first-order valence-corrected chi connectivity index (χ1v) is 5.81. The highest BCUT2D eigenvalue weighted by Crippen LogP contribution is 2.11. The van der Waals surface area contributed by atoms with E-state index in [2.05, 4.69) is 15.5 Å². The molecule has 18 heavy (non-hydrogen) atoms. The van der Waals surface area contributed by atoms with Gasteiger partial charge in [-0.25, -0.2) is 9.89 Å². The smallest absolute Gasteiger partial charge is 0.323 e. The van der Waals surface area contributed by atoms with Gasteiger partial charge >= 0.3 is 6.03 Å². The van der Waals surface area contributed by atoms with Gasteiger partial charge in [0.15, 0.2) is 5.82 Å². The fourth-order valence-corrected chi connectivity index (χ4v) is 1.95. The summed E-state index contributed by atoms with van der Waals surface area (Å²) in [6.07, 6.45) is 0.0334. The zero-order valence-electron chi connectivity index (χ0n) is 10.3. The van der Waals surface area contributed by atoms with Crippen molar-refractivity contribution in [3.8, 4) is 0 Å². The third kappa shape index (κ3) is 3.07. The molecular weight excluding hydrogens is 236 g/mol. The topological polar surface area (TPSA) is 87.3 Å². The van der Waals surface area contributed by atoms with E-state index >= 15 is 0 Å². The minimum atomic E-state index is -0.304. The van der Waals surface area contributed by atoms with Gasteiger partial charge in [0.1, 0.15) is 0 Å². The number of anilines is 1. The van der Waals surface area contributed by atoms with Crippen molar-refractivity contribution in [2.24, 2.45) is 0 Å². The van der Waals surface area contributed by atoms with Crippen molar-refractivity contribution < 1.29 is 9.53 Å². The number of aromatic nitrogens is 2. The number of urea groups is 1. The molecule has 98 valence electrons. The monoisotopic (exact) mass is 252 g/mol. The molecule has 7 heteroatoms. The molecule has 2 unspecified atom stereocenters. The van der Waals surface area contributed by atoms with Gasteiger partial charge in [0.05, 0.1) is 12.2 Å². The van der Waals surface area contributed by atoms with Crippen LogP contribution in [0, 0.1) is 0 Å². The lowest BCUT2D eigenvalue weighted by atomic mass is 10.2. The van der Waals surface area contributed by atoms with E-state index in [1.54, 1.807) is 4.90 Å². The Balaban J connectivity index is 1.99. The summed E-state index contributed by atoms with van der Waals surface area (Å²) >= 11 is 0. The minimum Gasteiger partial charge on any atom is -0.372 e. The van der Waals surface area contributed by atoms with E-state index in [1.165, 1.54) is 12.1 Å².